The van der Waals surface area contributed by atoms with Crippen LogP contribution in [0, 0.1) is 0 Å². The third-order valence-corrected chi connectivity index (χ3v) is 3.80. The van der Waals surface area contributed by atoms with Crippen LogP contribution >= 0.6 is 0 Å². The third kappa shape index (κ3) is 5.64. The van der Waals surface area contributed by atoms with Gasteiger partial charge in [0, 0.05) is 0 Å². The SMILES string of the molecule is O=C1OC(=O)c2cc3c(cc21)OCCOCCOCCOCCOCCO3. The molecule has 0 spiro atoms. The van der Waals surface area contributed by atoms with Crippen molar-refractivity contribution in [3.63, 3.8) is 0 Å². The number of esters is 2. The maximum atomic E-state index is 11.7. The summed E-state index contributed by atoms with van der Waals surface area (Å²) in [6, 6.07) is 2.90. The van der Waals surface area contributed by atoms with Crippen LogP contribution in [0.15, 0.2) is 12.1 Å². The fraction of sp³-hybridized carbons (Fsp3) is 0.556. The predicted molar refractivity (Wildman–Crippen MR) is 90.5 cm³/mol. The minimum Gasteiger partial charge on any atom is -0.487 e. The zero-order chi connectivity index (χ0) is 18.9. The second-order valence-electron chi connectivity index (χ2n) is 5.67. The van der Waals surface area contributed by atoms with Crippen LogP contribution in [0.4, 0.5) is 0 Å². The van der Waals surface area contributed by atoms with Gasteiger partial charge in [-0.15, -0.1) is 0 Å². The van der Waals surface area contributed by atoms with Gasteiger partial charge >= 0.3 is 11.9 Å². The molecule has 0 atom stereocenters. The zero-order valence-corrected chi connectivity index (χ0v) is 14.9. The van der Waals surface area contributed by atoms with Crippen LogP contribution in [0.2, 0.25) is 0 Å². The van der Waals surface area contributed by atoms with Gasteiger partial charge < -0.3 is 33.2 Å². The molecule has 2 heterocycles. The molecule has 27 heavy (non-hydrogen) atoms. The highest BCUT2D eigenvalue weighted by atomic mass is 16.6. The Hall–Kier alpha value is -2.20. The van der Waals surface area contributed by atoms with Gasteiger partial charge in [-0.2, -0.15) is 0 Å². The van der Waals surface area contributed by atoms with E-state index in [0.29, 0.717) is 64.4 Å². The lowest BCUT2D eigenvalue weighted by molar-refractivity contribution is -0.00842. The van der Waals surface area contributed by atoms with Gasteiger partial charge in [-0.25, -0.2) is 9.59 Å². The Morgan fingerprint density at radius 2 is 0.852 bits per heavy atom. The molecule has 9 heteroatoms. The number of carbonyl (C=O) groups excluding carboxylic acids is 2. The highest BCUT2D eigenvalue weighted by molar-refractivity contribution is 6.15. The van der Waals surface area contributed by atoms with Crippen molar-refractivity contribution >= 4 is 11.9 Å². The van der Waals surface area contributed by atoms with Crippen molar-refractivity contribution in [3.05, 3.63) is 23.3 Å². The number of fused-ring (bicyclic) bond motifs is 2. The molecule has 0 saturated heterocycles. The normalized spacial score (nSPS) is 20.3. The van der Waals surface area contributed by atoms with E-state index >= 15 is 0 Å². The van der Waals surface area contributed by atoms with Crippen LogP contribution in [0.25, 0.3) is 0 Å². The summed E-state index contributed by atoms with van der Waals surface area (Å²) >= 11 is 0. The summed E-state index contributed by atoms with van der Waals surface area (Å²) in [5, 5.41) is 0. The summed E-state index contributed by atoms with van der Waals surface area (Å²) in [6.07, 6.45) is 0. The minimum atomic E-state index is -0.697. The molecule has 0 saturated carbocycles. The maximum Gasteiger partial charge on any atom is 0.347 e. The molecular weight excluding hydrogens is 360 g/mol. The van der Waals surface area contributed by atoms with Crippen LogP contribution in [-0.2, 0) is 23.7 Å². The first-order valence-corrected chi connectivity index (χ1v) is 8.77. The number of ether oxygens (including phenoxy) is 7. The van der Waals surface area contributed by atoms with Gasteiger partial charge in [-0.05, 0) is 12.1 Å². The molecular formula is C18H22O9. The lowest BCUT2D eigenvalue weighted by Crippen LogP contribution is -2.16. The topological polar surface area (TPSA) is 98.8 Å². The lowest BCUT2D eigenvalue weighted by atomic mass is 10.1. The Balaban J connectivity index is 1.66. The van der Waals surface area contributed by atoms with Crippen LogP contribution in [0.3, 0.4) is 0 Å². The summed E-state index contributed by atoms with van der Waals surface area (Å²) in [7, 11) is 0. The highest BCUT2D eigenvalue weighted by Gasteiger charge is 2.32. The van der Waals surface area contributed by atoms with E-state index in [1.54, 1.807) is 0 Å². The number of carbonyl (C=O) groups is 2. The molecule has 0 N–H and O–H groups in total. The number of cyclic esters (lactones) is 2. The van der Waals surface area contributed by atoms with Crippen molar-refractivity contribution in [2.45, 2.75) is 0 Å². The van der Waals surface area contributed by atoms with E-state index in [-0.39, 0.29) is 24.3 Å². The summed E-state index contributed by atoms with van der Waals surface area (Å²) in [6.45, 7) is 3.94. The smallest absolute Gasteiger partial charge is 0.347 e. The van der Waals surface area contributed by atoms with Gasteiger partial charge in [0.1, 0.15) is 13.2 Å². The van der Waals surface area contributed by atoms with Crippen molar-refractivity contribution in [3.8, 4) is 11.5 Å². The molecule has 1 aromatic carbocycles. The summed E-state index contributed by atoms with van der Waals surface area (Å²) in [5.74, 6) is -0.718. The molecule has 2 aliphatic rings. The quantitative estimate of drug-likeness (QED) is 0.477. The van der Waals surface area contributed by atoms with E-state index in [0.717, 1.165) is 0 Å². The first-order chi connectivity index (χ1) is 13.3. The van der Waals surface area contributed by atoms with E-state index in [1.165, 1.54) is 12.1 Å². The fourth-order valence-corrected chi connectivity index (χ4v) is 2.50. The standard InChI is InChI=1S/C18H22O9/c19-17-13-11-15-16(12-14(13)18(20)27-17)26-10-8-24-6-4-22-2-1-21-3-5-23-7-9-25-15/h11-12H,1-10H2. The number of hydrogen-bond acceptors (Lipinski definition) is 9. The monoisotopic (exact) mass is 382 g/mol. The minimum absolute atomic E-state index is 0.159. The molecule has 0 amide bonds. The largest absolute Gasteiger partial charge is 0.487 e. The number of rotatable bonds is 0. The molecule has 148 valence electrons. The highest BCUT2D eigenvalue weighted by Crippen LogP contribution is 2.34. The average molecular weight is 382 g/mol. The number of hydrogen-bond donors (Lipinski definition) is 0. The molecule has 0 aliphatic carbocycles. The molecule has 0 unspecified atom stereocenters. The van der Waals surface area contributed by atoms with E-state index in [4.69, 9.17) is 28.4 Å². The number of benzene rings is 1. The Bertz CT molecular complexity index is 603. The van der Waals surface area contributed by atoms with Crippen LogP contribution in [0.5, 0.6) is 11.5 Å². The molecule has 0 bridgehead atoms. The Labute approximate surface area is 156 Å². The van der Waals surface area contributed by atoms with Gasteiger partial charge in [0.2, 0.25) is 0 Å². The first-order valence-electron chi connectivity index (χ1n) is 8.77. The van der Waals surface area contributed by atoms with Crippen molar-refractivity contribution < 1.29 is 42.7 Å². The Morgan fingerprint density at radius 3 is 1.22 bits per heavy atom. The third-order valence-electron chi connectivity index (χ3n) is 3.80. The van der Waals surface area contributed by atoms with Crippen molar-refractivity contribution in [2.75, 3.05) is 66.1 Å². The summed E-state index contributed by atoms with van der Waals surface area (Å²) < 4.78 is 37.6. The van der Waals surface area contributed by atoms with Crippen molar-refractivity contribution in [2.24, 2.45) is 0 Å². The van der Waals surface area contributed by atoms with Gasteiger partial charge in [0.25, 0.3) is 0 Å². The maximum absolute atomic E-state index is 11.7. The van der Waals surface area contributed by atoms with Crippen molar-refractivity contribution in [1.82, 2.24) is 0 Å². The fourth-order valence-electron chi connectivity index (χ4n) is 2.50. The Morgan fingerprint density at radius 1 is 0.519 bits per heavy atom. The van der Waals surface area contributed by atoms with E-state index < -0.39 is 11.9 Å². The van der Waals surface area contributed by atoms with Crippen molar-refractivity contribution in [1.29, 1.82) is 0 Å². The van der Waals surface area contributed by atoms with E-state index in [2.05, 4.69) is 4.74 Å². The lowest BCUT2D eigenvalue weighted by Gasteiger charge is -2.14. The van der Waals surface area contributed by atoms with E-state index in [1.807, 2.05) is 0 Å². The molecule has 1 aromatic rings. The zero-order valence-electron chi connectivity index (χ0n) is 14.9. The van der Waals surface area contributed by atoms with Gasteiger partial charge in [0.05, 0.1) is 64.0 Å². The first kappa shape index (κ1) is 19.6. The van der Waals surface area contributed by atoms with Crippen LogP contribution in [0.1, 0.15) is 20.7 Å². The second-order valence-corrected chi connectivity index (χ2v) is 5.67. The van der Waals surface area contributed by atoms with E-state index in [9.17, 15) is 9.59 Å². The van der Waals surface area contributed by atoms with Gasteiger partial charge in [-0.1, -0.05) is 0 Å². The molecule has 9 nitrogen and oxygen atoms in total. The summed E-state index contributed by atoms with van der Waals surface area (Å²) in [5.41, 5.74) is 0.319. The Kier molecular flexibility index (Phi) is 7.40. The second kappa shape index (κ2) is 10.2. The van der Waals surface area contributed by atoms with Crippen LogP contribution < -0.4 is 9.47 Å². The molecule has 0 radical (unpaired) electrons. The molecule has 3 rings (SSSR count). The van der Waals surface area contributed by atoms with Gasteiger partial charge in [-0.3, -0.25) is 0 Å². The average Bonchev–Trinajstić information content (AvgIpc) is 2.93. The molecule has 0 fully saturated rings. The molecule has 2 aliphatic heterocycles. The summed E-state index contributed by atoms with van der Waals surface area (Å²) in [4.78, 5) is 23.5. The predicted octanol–water partition coefficient (Wildman–Crippen LogP) is 0.835. The molecule has 0 aromatic heterocycles. The van der Waals surface area contributed by atoms with Gasteiger partial charge in [0.15, 0.2) is 11.5 Å². The van der Waals surface area contributed by atoms with Crippen LogP contribution in [-0.4, -0.2) is 78.0 Å².